The molecule has 19 nitrogen and oxygen atoms in total. The van der Waals surface area contributed by atoms with Crippen molar-refractivity contribution >= 4 is 0 Å². The number of ether oxygens (including phenoxy) is 9. The lowest BCUT2D eigenvalue weighted by atomic mass is 9.96. The van der Waals surface area contributed by atoms with Crippen LogP contribution in [0.15, 0.2) is 0 Å². The van der Waals surface area contributed by atoms with E-state index in [0.29, 0.717) is 47.7 Å². The van der Waals surface area contributed by atoms with Gasteiger partial charge in [-0.25, -0.2) is 17.6 Å². The molecule has 9 aliphatic heterocycles. The van der Waals surface area contributed by atoms with Crippen LogP contribution in [0.2, 0.25) is 0 Å². The molecular formula is C90H176F4O19. The van der Waals surface area contributed by atoms with E-state index in [4.69, 9.17) is 42.6 Å². The summed E-state index contributed by atoms with van der Waals surface area (Å²) in [6, 6.07) is 0. The fourth-order valence-electron chi connectivity index (χ4n) is 16.0. The van der Waals surface area contributed by atoms with Gasteiger partial charge in [-0.3, -0.25) is 0 Å². The quantitative estimate of drug-likeness (QED) is 0.0571. The normalized spacial score (nSPS) is 39.0. The van der Waals surface area contributed by atoms with Crippen LogP contribution in [0.3, 0.4) is 0 Å². The Hall–Kier alpha value is -1.04. The molecule has 113 heavy (non-hydrogen) atoms. The van der Waals surface area contributed by atoms with Crippen molar-refractivity contribution in [2.45, 2.75) is 471 Å². The summed E-state index contributed by atoms with van der Waals surface area (Å²) in [6.45, 7) is 72.6. The van der Waals surface area contributed by atoms with Gasteiger partial charge in [-0.15, -0.1) is 0 Å². The Morgan fingerprint density at radius 3 is 0.398 bits per heavy atom. The number of hydrogen-bond donors (Lipinski definition) is 10. The van der Waals surface area contributed by atoms with Crippen molar-refractivity contribution in [2.75, 3.05) is 0 Å². The maximum atomic E-state index is 13.5. The molecule has 0 bridgehead atoms. The molecule has 32 atom stereocenters. The Morgan fingerprint density at radius 1 is 0.168 bits per heavy atom. The van der Waals surface area contributed by atoms with Crippen LogP contribution in [0.1, 0.15) is 275 Å². The molecule has 0 saturated carbocycles. The van der Waals surface area contributed by atoms with Crippen LogP contribution in [0.5, 0.6) is 0 Å². The van der Waals surface area contributed by atoms with E-state index in [1.165, 1.54) is 12.8 Å². The van der Waals surface area contributed by atoms with Crippen molar-refractivity contribution in [1.82, 2.24) is 0 Å². The first-order valence-electron chi connectivity index (χ1n) is 44.1. The summed E-state index contributed by atoms with van der Waals surface area (Å²) in [7, 11) is 0. The fraction of sp³-hybridized carbons (Fsp3) is 1.00. The van der Waals surface area contributed by atoms with Crippen LogP contribution >= 0.6 is 0 Å². The molecule has 0 unspecified atom stereocenters. The highest BCUT2D eigenvalue weighted by Gasteiger charge is 2.51. The Balaban J connectivity index is 0.000000636. The molecule has 678 valence electrons. The summed E-state index contributed by atoms with van der Waals surface area (Å²) >= 11 is 0. The van der Waals surface area contributed by atoms with Crippen LogP contribution in [0.25, 0.3) is 0 Å². The molecule has 0 spiro atoms. The monoisotopic (exact) mass is 1640 g/mol. The second-order valence-corrected chi connectivity index (χ2v) is 40.2. The molecule has 9 fully saturated rings. The van der Waals surface area contributed by atoms with Gasteiger partial charge in [-0.2, -0.15) is 0 Å². The first-order valence-corrected chi connectivity index (χ1v) is 44.1. The van der Waals surface area contributed by atoms with Gasteiger partial charge in [0.2, 0.25) is 0 Å². The average molecular weight is 1640 g/mol. The minimum atomic E-state index is -1.23. The van der Waals surface area contributed by atoms with E-state index in [2.05, 4.69) is 83.1 Å². The largest absolute Gasteiger partial charge is 0.390 e. The molecule has 0 amide bonds. The van der Waals surface area contributed by atoms with Crippen molar-refractivity contribution in [2.24, 2.45) is 107 Å². The van der Waals surface area contributed by atoms with Gasteiger partial charge in [-0.1, -0.05) is 249 Å². The Kier molecular flexibility index (Phi) is 49.8. The fourth-order valence-corrected chi connectivity index (χ4v) is 16.0. The van der Waals surface area contributed by atoms with Gasteiger partial charge >= 0.3 is 0 Å². The third-order valence-electron chi connectivity index (χ3n) is 23.5. The van der Waals surface area contributed by atoms with Gasteiger partial charge in [0, 0.05) is 12.8 Å². The number of alkyl halides is 4. The highest BCUT2D eigenvalue weighted by Crippen LogP contribution is 2.39. The third-order valence-corrected chi connectivity index (χ3v) is 23.5. The summed E-state index contributed by atoms with van der Waals surface area (Å²) in [5, 5.41) is 96.2. The van der Waals surface area contributed by atoms with Crippen molar-refractivity contribution in [3.05, 3.63) is 0 Å². The summed E-state index contributed by atoms with van der Waals surface area (Å²) < 4.78 is 104. The van der Waals surface area contributed by atoms with E-state index >= 15 is 0 Å². The van der Waals surface area contributed by atoms with Gasteiger partial charge in [-0.05, 0) is 119 Å². The number of halogens is 4. The van der Waals surface area contributed by atoms with E-state index in [1.807, 2.05) is 166 Å². The zero-order valence-corrected chi connectivity index (χ0v) is 77.4. The summed E-state index contributed by atoms with van der Waals surface area (Å²) in [6.07, 6.45) is -10.4. The highest BCUT2D eigenvalue weighted by molar-refractivity contribution is 4.99. The Morgan fingerprint density at radius 2 is 0.310 bits per heavy atom. The van der Waals surface area contributed by atoms with Crippen LogP contribution < -0.4 is 0 Å². The molecule has 0 aromatic heterocycles. The molecule has 0 radical (unpaired) electrons. The first-order chi connectivity index (χ1) is 51.8. The van der Waals surface area contributed by atoms with Crippen LogP contribution in [-0.4, -0.2) is 247 Å². The summed E-state index contributed by atoms with van der Waals surface area (Å²) in [5.74, 6) is 5.37. The van der Waals surface area contributed by atoms with Crippen LogP contribution in [-0.2, 0) is 42.6 Å². The Labute approximate surface area is 685 Å². The third kappa shape index (κ3) is 32.9. The van der Waals surface area contributed by atoms with Gasteiger partial charge in [0.25, 0.3) is 0 Å². The second-order valence-electron chi connectivity index (χ2n) is 40.2. The van der Waals surface area contributed by atoms with E-state index < -0.39 is 97.9 Å². The molecule has 0 aliphatic carbocycles. The number of aliphatic hydroxyl groups excluding tert-OH is 10. The minimum Gasteiger partial charge on any atom is -0.390 e. The highest BCUT2D eigenvalue weighted by atomic mass is 19.1. The lowest BCUT2D eigenvalue weighted by Gasteiger charge is -2.19. The van der Waals surface area contributed by atoms with Crippen molar-refractivity contribution in [3.8, 4) is 0 Å². The standard InChI is InChI=1S/4C10H19FO2.2C10H20O3.2C10H20O2.C10H20O/c6*1-5(2)9-7(11)8(12)10(13-9)6(3)4;2*1-6(2)9-5-8(11)10(12-9)7(3)4;1-7(2)9-5-6-10(11-9)8(3)4/h4*5-10,12H,1-4H3;2*5-12H,1-4H3;2*6-11H,5H2,1-4H3;7-10H,5-6H2,1-4H3/t2*7-,8+,9+,10-;2*7-,8-,9-,10+;2*7-,8+,9+,10-;2*8-,9+,10+;9-,10+/m1010..10./s1. The second kappa shape index (κ2) is 51.1. The lowest BCUT2D eigenvalue weighted by Crippen LogP contribution is -2.35. The average Bonchev–Trinajstić information content (AvgIpc) is 1.70. The maximum Gasteiger partial charge on any atom is 0.155 e. The number of aliphatic hydroxyl groups is 10. The molecule has 23 heteroatoms. The molecule has 9 rings (SSSR count). The molecule has 0 aromatic rings. The SMILES string of the molecule is CC(C)[C@@H]1CC[C@H](C(C)C)O1.CC(C)[C@@H]1C[C@@H](O)[C@H](C(C)C)O1.CC(C)[C@H]1O[C@@H](C(C)C)C[C@@H]1O.CC(C)[C@H]1O[C@@H](C(C)C)[C@@H](F)[C@@H]1O.CC(C)[C@H]1O[C@@H](C(C)C)[C@H](F)[C@@H]1O.CC(C)[C@H]1O[C@@H](C(C)C)[C@H](O)[C@@H]1F.CC(C)[C@H]1O[C@@H](C(C)C)[C@H](O)[C@@H]1O.CC(C)[C@H]1O[C@@H](C(C)C)[C@H](O)[C@@H]1O.CC(C)[C@H]1O[C@@H](C(C)C)[C@H](O)[C@H]1F. The topological polar surface area (TPSA) is 285 Å². The molecule has 0 aromatic carbocycles. The first kappa shape index (κ1) is 110. The zero-order chi connectivity index (χ0) is 88.1. The molecule has 9 aliphatic rings. The lowest BCUT2D eigenvalue weighted by molar-refractivity contribution is -0.0340. The van der Waals surface area contributed by atoms with Gasteiger partial charge in [0.15, 0.2) is 24.7 Å². The smallest absolute Gasteiger partial charge is 0.155 e. The van der Waals surface area contributed by atoms with Crippen molar-refractivity contribution in [3.63, 3.8) is 0 Å². The molecule has 9 saturated heterocycles. The van der Waals surface area contributed by atoms with Crippen LogP contribution in [0.4, 0.5) is 17.6 Å². The predicted molar refractivity (Wildman–Crippen MR) is 443 cm³/mol. The van der Waals surface area contributed by atoms with Gasteiger partial charge in [0.1, 0.15) is 48.8 Å². The Bertz CT molecular complexity index is 2010. The number of rotatable bonds is 18. The molecular weight excluding hydrogens is 1460 g/mol. The zero-order valence-electron chi connectivity index (χ0n) is 77.4. The summed E-state index contributed by atoms with van der Waals surface area (Å²) in [4.78, 5) is 0. The van der Waals surface area contributed by atoms with E-state index in [-0.39, 0.29) is 156 Å². The minimum absolute atomic E-state index is 0.0531. The van der Waals surface area contributed by atoms with E-state index in [1.54, 1.807) is 0 Å². The van der Waals surface area contributed by atoms with Gasteiger partial charge in [0.05, 0.1) is 122 Å². The van der Waals surface area contributed by atoms with E-state index in [0.717, 1.165) is 12.8 Å². The number of hydrogen-bond acceptors (Lipinski definition) is 19. The van der Waals surface area contributed by atoms with Crippen molar-refractivity contribution < 1.29 is 111 Å². The van der Waals surface area contributed by atoms with Crippen molar-refractivity contribution in [1.29, 1.82) is 0 Å². The predicted octanol–water partition coefficient (Wildman–Crippen LogP) is 15.1. The summed E-state index contributed by atoms with van der Waals surface area (Å²) in [5.41, 5.74) is 0. The maximum absolute atomic E-state index is 13.5. The van der Waals surface area contributed by atoms with E-state index in [9.17, 15) is 68.6 Å². The van der Waals surface area contributed by atoms with Gasteiger partial charge < -0.3 is 93.7 Å². The molecule has 9 heterocycles. The molecule has 10 N–H and O–H groups in total. The van der Waals surface area contributed by atoms with Crippen LogP contribution in [0, 0.1) is 107 Å².